The highest BCUT2D eigenvalue weighted by Crippen LogP contribution is 2.23. The zero-order valence-corrected chi connectivity index (χ0v) is 16.7. The molecule has 2 amide bonds. The van der Waals surface area contributed by atoms with Crippen molar-refractivity contribution >= 4 is 17.8 Å². The number of hydrogen-bond donors (Lipinski definition) is 0. The maximum atomic E-state index is 13.0. The van der Waals surface area contributed by atoms with Crippen molar-refractivity contribution in [3.05, 3.63) is 23.9 Å². The first-order chi connectivity index (χ1) is 13.3. The lowest BCUT2D eigenvalue weighted by Crippen LogP contribution is -2.55. The van der Waals surface area contributed by atoms with Crippen LogP contribution in [0.2, 0.25) is 0 Å². The molecule has 1 aromatic heterocycles. The van der Waals surface area contributed by atoms with Crippen molar-refractivity contribution in [2.45, 2.75) is 45.3 Å². The molecule has 28 heavy (non-hydrogen) atoms. The highest BCUT2D eigenvalue weighted by atomic mass is 16.6. The van der Waals surface area contributed by atoms with Gasteiger partial charge in [-0.25, -0.2) is 9.78 Å². The molecule has 8 heteroatoms. The number of piperazine rings is 1. The first-order valence-electron chi connectivity index (χ1n) is 9.68. The average Bonchev–Trinajstić information content (AvgIpc) is 3.16. The van der Waals surface area contributed by atoms with E-state index < -0.39 is 17.7 Å². The molecule has 0 aromatic carbocycles. The van der Waals surface area contributed by atoms with E-state index in [1.807, 2.05) is 25.7 Å². The van der Waals surface area contributed by atoms with Gasteiger partial charge < -0.3 is 14.5 Å². The fraction of sp³-hybridized carbons (Fsp3) is 0.600. The molecule has 1 aromatic rings. The lowest BCUT2D eigenvalue weighted by atomic mass is 10.1. The topological polar surface area (TPSA) is 89.8 Å². The molecule has 3 heterocycles. The van der Waals surface area contributed by atoms with Crippen LogP contribution in [-0.4, -0.2) is 71.2 Å². The third-order valence-corrected chi connectivity index (χ3v) is 4.96. The van der Waals surface area contributed by atoms with Crippen LogP contribution in [0.15, 0.2) is 18.3 Å². The highest BCUT2D eigenvalue weighted by molar-refractivity contribution is 5.86. The third-order valence-electron chi connectivity index (χ3n) is 4.96. The van der Waals surface area contributed by atoms with Crippen molar-refractivity contribution in [3.63, 3.8) is 0 Å². The highest BCUT2D eigenvalue weighted by Gasteiger charge is 2.39. The van der Waals surface area contributed by atoms with Crippen molar-refractivity contribution < 1.29 is 14.3 Å². The SMILES string of the molecule is CC(C)(C)OC(=O)N1CCC[C@H]1C(=O)N1CCN(c2cc(C#N)ccn2)CC1. The minimum absolute atomic E-state index is 0.0123. The maximum absolute atomic E-state index is 13.0. The number of rotatable bonds is 2. The number of hydrogen-bond acceptors (Lipinski definition) is 6. The number of nitrogens with zero attached hydrogens (tertiary/aromatic N) is 5. The summed E-state index contributed by atoms with van der Waals surface area (Å²) < 4.78 is 5.46. The van der Waals surface area contributed by atoms with Gasteiger partial charge in [0.15, 0.2) is 0 Å². The predicted octanol–water partition coefficient (Wildman–Crippen LogP) is 2.00. The summed E-state index contributed by atoms with van der Waals surface area (Å²) in [6.45, 7) is 8.45. The Morgan fingerprint density at radius 3 is 2.57 bits per heavy atom. The maximum Gasteiger partial charge on any atom is 0.410 e. The molecule has 8 nitrogen and oxygen atoms in total. The summed E-state index contributed by atoms with van der Waals surface area (Å²) in [7, 11) is 0. The second kappa shape index (κ2) is 8.05. The van der Waals surface area contributed by atoms with E-state index in [0.717, 1.165) is 12.2 Å². The zero-order chi connectivity index (χ0) is 20.3. The molecule has 0 aliphatic carbocycles. The summed E-state index contributed by atoms with van der Waals surface area (Å²) in [5.41, 5.74) is -0.00778. The molecule has 2 fully saturated rings. The molecule has 0 spiro atoms. The smallest absolute Gasteiger partial charge is 0.410 e. The van der Waals surface area contributed by atoms with Gasteiger partial charge in [0.25, 0.3) is 0 Å². The van der Waals surface area contributed by atoms with Gasteiger partial charge in [-0.15, -0.1) is 0 Å². The number of anilines is 1. The monoisotopic (exact) mass is 385 g/mol. The number of pyridine rings is 1. The van der Waals surface area contributed by atoms with Crippen LogP contribution >= 0.6 is 0 Å². The van der Waals surface area contributed by atoms with Crippen LogP contribution in [-0.2, 0) is 9.53 Å². The second-order valence-electron chi connectivity index (χ2n) is 8.16. The molecule has 0 N–H and O–H groups in total. The van der Waals surface area contributed by atoms with Crippen LogP contribution in [0.1, 0.15) is 39.2 Å². The summed E-state index contributed by atoms with van der Waals surface area (Å²) in [4.78, 5) is 35.3. The van der Waals surface area contributed by atoms with Crippen molar-refractivity contribution in [1.29, 1.82) is 5.26 Å². The number of nitriles is 1. The van der Waals surface area contributed by atoms with Crippen LogP contribution in [0.3, 0.4) is 0 Å². The first-order valence-corrected chi connectivity index (χ1v) is 9.68. The van der Waals surface area contributed by atoms with E-state index in [9.17, 15) is 9.59 Å². The number of aromatic nitrogens is 1. The molecule has 150 valence electrons. The van der Waals surface area contributed by atoms with Gasteiger partial charge in [-0.1, -0.05) is 0 Å². The standard InChI is InChI=1S/C20H27N5O3/c1-20(2,3)28-19(27)25-8-4-5-16(25)18(26)24-11-9-23(10-12-24)17-13-15(14-21)6-7-22-17/h6-7,13,16H,4-5,8-12H2,1-3H3/t16-/m0/s1. The Morgan fingerprint density at radius 2 is 1.93 bits per heavy atom. The van der Waals surface area contributed by atoms with Crippen LogP contribution in [0, 0.1) is 11.3 Å². The molecule has 1 atom stereocenters. The lowest BCUT2D eigenvalue weighted by molar-refractivity contribution is -0.136. The van der Waals surface area contributed by atoms with Gasteiger partial charge in [0.2, 0.25) is 5.91 Å². The fourth-order valence-corrected chi connectivity index (χ4v) is 3.59. The molecule has 2 saturated heterocycles. The fourth-order valence-electron chi connectivity index (χ4n) is 3.59. The Labute approximate surface area is 165 Å². The van der Waals surface area contributed by atoms with Crippen LogP contribution in [0.5, 0.6) is 0 Å². The molecule has 2 aliphatic rings. The first kappa shape index (κ1) is 19.9. The van der Waals surface area contributed by atoms with Gasteiger partial charge in [-0.3, -0.25) is 9.69 Å². The summed E-state index contributed by atoms with van der Waals surface area (Å²) in [5.74, 6) is 0.740. The normalized spacial score (nSPS) is 20.1. The van der Waals surface area contributed by atoms with Crippen molar-refractivity contribution in [2.75, 3.05) is 37.6 Å². The van der Waals surface area contributed by atoms with Crippen LogP contribution < -0.4 is 4.90 Å². The van der Waals surface area contributed by atoms with Crippen molar-refractivity contribution in [1.82, 2.24) is 14.8 Å². The van der Waals surface area contributed by atoms with Gasteiger partial charge in [0.05, 0.1) is 11.6 Å². The summed E-state index contributed by atoms with van der Waals surface area (Å²) >= 11 is 0. The van der Waals surface area contributed by atoms with Crippen molar-refractivity contribution in [2.24, 2.45) is 0 Å². The average molecular weight is 385 g/mol. The Kier molecular flexibility index (Phi) is 5.73. The van der Waals surface area contributed by atoms with Gasteiger partial charge in [-0.2, -0.15) is 5.26 Å². The van der Waals surface area contributed by atoms with Crippen LogP contribution in [0.4, 0.5) is 10.6 Å². The molecule has 0 radical (unpaired) electrons. The largest absolute Gasteiger partial charge is 0.444 e. The van der Waals surface area contributed by atoms with Gasteiger partial charge in [0.1, 0.15) is 17.5 Å². The Balaban J connectivity index is 1.60. The minimum Gasteiger partial charge on any atom is -0.444 e. The van der Waals surface area contributed by atoms with Gasteiger partial charge >= 0.3 is 6.09 Å². The molecule has 0 unspecified atom stereocenters. The molecule has 0 saturated carbocycles. The number of amides is 2. The van der Waals surface area contributed by atoms with Crippen LogP contribution in [0.25, 0.3) is 0 Å². The van der Waals surface area contributed by atoms with Gasteiger partial charge in [0, 0.05) is 38.9 Å². The molecule has 3 rings (SSSR count). The molecular formula is C20H27N5O3. The molecule has 0 bridgehead atoms. The predicted molar refractivity (Wildman–Crippen MR) is 104 cm³/mol. The molecule has 2 aliphatic heterocycles. The molecular weight excluding hydrogens is 358 g/mol. The van der Waals surface area contributed by atoms with E-state index in [1.54, 1.807) is 23.2 Å². The van der Waals surface area contributed by atoms with E-state index in [-0.39, 0.29) is 5.91 Å². The summed E-state index contributed by atoms with van der Waals surface area (Å²) in [5, 5.41) is 9.05. The van der Waals surface area contributed by atoms with E-state index in [0.29, 0.717) is 44.7 Å². The Hall–Kier alpha value is -2.82. The summed E-state index contributed by atoms with van der Waals surface area (Å²) in [6.07, 6.45) is 2.69. The van der Waals surface area contributed by atoms with E-state index in [2.05, 4.69) is 16.0 Å². The summed E-state index contributed by atoms with van der Waals surface area (Å²) in [6, 6.07) is 5.12. The number of likely N-dealkylation sites (tertiary alicyclic amines) is 1. The lowest BCUT2D eigenvalue weighted by Gasteiger charge is -2.38. The van der Waals surface area contributed by atoms with E-state index in [4.69, 9.17) is 10.00 Å². The number of carbonyl (C=O) groups excluding carboxylic acids is 2. The Bertz CT molecular complexity index is 775. The second-order valence-corrected chi connectivity index (χ2v) is 8.16. The van der Waals surface area contributed by atoms with Gasteiger partial charge in [-0.05, 0) is 45.7 Å². The zero-order valence-electron chi connectivity index (χ0n) is 16.7. The van der Waals surface area contributed by atoms with E-state index in [1.165, 1.54) is 0 Å². The quantitative estimate of drug-likeness (QED) is 0.773. The number of ether oxygens (including phenoxy) is 1. The number of carbonyl (C=O) groups is 2. The minimum atomic E-state index is -0.580. The van der Waals surface area contributed by atoms with E-state index >= 15 is 0 Å². The Morgan fingerprint density at radius 1 is 1.21 bits per heavy atom. The third kappa shape index (κ3) is 4.53. The van der Waals surface area contributed by atoms with Crippen molar-refractivity contribution in [3.8, 4) is 6.07 Å².